The molecule has 3 aliphatic carbocycles. The second-order valence-corrected chi connectivity index (χ2v) is 23.4. The van der Waals surface area contributed by atoms with Gasteiger partial charge in [-0.3, -0.25) is 39.1 Å². The Labute approximate surface area is 420 Å². The van der Waals surface area contributed by atoms with Crippen LogP contribution in [0.25, 0.3) is 33.4 Å². The number of esters is 1. The fraction of sp³-hybridized carbons (Fsp3) is 0.582. The summed E-state index contributed by atoms with van der Waals surface area (Å²) in [4.78, 5) is 71.2. The number of nitrogens with one attached hydrogen (secondary N) is 2. The molecule has 10 heterocycles. The van der Waals surface area contributed by atoms with Crippen molar-refractivity contribution in [3.05, 3.63) is 84.2 Å². The van der Waals surface area contributed by atoms with E-state index in [1.165, 1.54) is 19.2 Å². The van der Waals surface area contributed by atoms with Crippen molar-refractivity contribution >= 4 is 28.7 Å². The normalized spacial score (nSPS) is 30.8. The lowest BCUT2D eigenvalue weighted by molar-refractivity contribution is -0.173. The largest absolute Gasteiger partial charge is 0.464 e. The van der Waals surface area contributed by atoms with E-state index in [4.69, 9.17) is 23.9 Å². The molecule has 7 atom stereocenters. The van der Waals surface area contributed by atoms with Crippen molar-refractivity contribution < 1.29 is 28.3 Å². The minimum Gasteiger partial charge on any atom is -0.464 e. The first-order valence-corrected chi connectivity index (χ1v) is 26.4. The number of likely N-dealkylation sites (N-methyl/N-ethyl adjacent to an activating group) is 1. The van der Waals surface area contributed by atoms with Crippen LogP contribution >= 0.6 is 0 Å². The standard InChI is InChI=1S/C55H67N11O6/c1-30-43(40-14-17-56-29-58-40)44(30)50(67)60-47-49(64-26-55(27-64)15-8-18-62(55)5)51-59-41(25-71-51)32-10-13-42-38(21-32)39(22-54(3,4)28-72-53(69)46-33-19-35(20-33)66(61-46)52(47)68)48(37-9-7-16-57-45(37)31(2)70-6)65(42)36-23-63(24-36)34-11-12-34/h7,9-10,13-14,16-17,21,25,29-31,33-36,43-44,46-47,49,61H,8,11-12,15,18-20,22-24,26-28H2,1-6H3,(H,60,67)/t30-,31-,33?,35?,43-,44+,46-,47-,49-/m0/s1. The van der Waals surface area contributed by atoms with Crippen LogP contribution in [-0.2, 0) is 30.3 Å². The van der Waals surface area contributed by atoms with Gasteiger partial charge in [-0.15, -0.1) is 0 Å². The van der Waals surface area contributed by atoms with Crippen LogP contribution < -0.4 is 10.7 Å². The van der Waals surface area contributed by atoms with Crippen molar-refractivity contribution in [2.75, 3.05) is 53.5 Å². The summed E-state index contributed by atoms with van der Waals surface area (Å²) in [6.45, 7) is 12.9. The van der Waals surface area contributed by atoms with Crippen LogP contribution in [0.3, 0.4) is 0 Å². The van der Waals surface area contributed by atoms with Crippen molar-refractivity contribution in [1.82, 2.24) is 55.0 Å². The molecule has 17 nitrogen and oxygen atoms in total. The van der Waals surface area contributed by atoms with Crippen LogP contribution in [0.4, 0.5) is 0 Å². The van der Waals surface area contributed by atoms with Gasteiger partial charge >= 0.3 is 5.97 Å². The highest BCUT2D eigenvalue weighted by Gasteiger charge is 2.59. The van der Waals surface area contributed by atoms with Crippen LogP contribution in [-0.4, -0.2) is 145 Å². The maximum atomic E-state index is 15.6. The van der Waals surface area contributed by atoms with Crippen molar-refractivity contribution in [1.29, 1.82) is 0 Å². The van der Waals surface area contributed by atoms with Gasteiger partial charge in [0.25, 0.3) is 5.91 Å². The van der Waals surface area contributed by atoms with E-state index in [9.17, 15) is 9.59 Å². The molecule has 5 saturated heterocycles. The summed E-state index contributed by atoms with van der Waals surface area (Å²) < 4.78 is 21.6. The molecule has 1 aromatic carbocycles. The van der Waals surface area contributed by atoms with E-state index >= 15 is 4.79 Å². The third kappa shape index (κ3) is 7.62. The van der Waals surface area contributed by atoms with Gasteiger partial charge in [0.2, 0.25) is 11.8 Å². The minimum atomic E-state index is -1.10. The Bertz CT molecular complexity index is 2930. The molecule has 3 saturated carbocycles. The van der Waals surface area contributed by atoms with Crippen LogP contribution in [0.5, 0.6) is 0 Å². The molecule has 14 rings (SSSR count). The summed E-state index contributed by atoms with van der Waals surface area (Å²) in [5, 5.41) is 6.04. The van der Waals surface area contributed by atoms with Crippen molar-refractivity contribution in [3.8, 4) is 22.5 Å². The van der Waals surface area contributed by atoms with Crippen molar-refractivity contribution in [2.24, 2.45) is 23.2 Å². The fourth-order valence-corrected chi connectivity index (χ4v) is 13.6. The molecule has 5 aromatic rings. The second kappa shape index (κ2) is 17.3. The lowest BCUT2D eigenvalue weighted by Gasteiger charge is -2.56. The molecule has 1 spiro atoms. The zero-order valence-electron chi connectivity index (χ0n) is 42.3. The molecule has 9 aliphatic rings. The Morgan fingerprint density at radius 2 is 1.83 bits per heavy atom. The molecular weight excluding hydrogens is 911 g/mol. The number of hydrazine groups is 1. The Hall–Kier alpha value is -5.59. The van der Waals surface area contributed by atoms with E-state index < -0.39 is 29.5 Å². The van der Waals surface area contributed by atoms with E-state index in [0.717, 1.165) is 77.2 Å². The van der Waals surface area contributed by atoms with Gasteiger partial charge in [0, 0.05) is 108 Å². The zero-order valence-corrected chi connectivity index (χ0v) is 42.3. The SMILES string of the molecule is CO[C@@H](C)c1ncccc1-c1c2c3cc(ccc3n1C1CN(C3CC3)C1)-c1coc(n1)[C@@H](N1CC3(CCCN3C)C1)[C@H](NC(=O)[C@@H]1[C@@H](C)[C@H]1c1ccncn1)C(=O)N1N[C@H](C(=O)OCC(C)(C)C2)C2CC1C2. The monoisotopic (exact) mass is 978 g/mol. The molecule has 8 bridgehead atoms. The molecule has 4 aromatic heterocycles. The molecule has 2 amide bonds. The van der Waals surface area contributed by atoms with Crippen LogP contribution in [0, 0.1) is 23.2 Å². The maximum Gasteiger partial charge on any atom is 0.325 e. The molecular formula is C55H67N11O6. The Morgan fingerprint density at radius 1 is 1.01 bits per heavy atom. The highest BCUT2D eigenvalue weighted by Crippen LogP contribution is 2.54. The average molecular weight is 978 g/mol. The van der Waals surface area contributed by atoms with Gasteiger partial charge in [0.05, 0.1) is 30.1 Å². The van der Waals surface area contributed by atoms with Crippen molar-refractivity contribution in [2.45, 2.75) is 126 Å². The first-order chi connectivity index (χ1) is 34.8. The average Bonchev–Trinajstić information content (AvgIpc) is 4.16. The maximum absolute atomic E-state index is 15.6. The summed E-state index contributed by atoms with van der Waals surface area (Å²) in [7, 11) is 3.91. The van der Waals surface area contributed by atoms with Gasteiger partial charge in [0.15, 0.2) is 0 Å². The number of rotatable bonds is 9. The highest BCUT2D eigenvalue weighted by molar-refractivity contribution is 5.96. The Balaban J connectivity index is 0.959. The van der Waals surface area contributed by atoms with Crippen LogP contribution in [0.1, 0.15) is 113 Å². The molecule has 378 valence electrons. The van der Waals surface area contributed by atoms with Gasteiger partial charge in [-0.2, -0.15) is 0 Å². The van der Waals surface area contributed by atoms with E-state index in [2.05, 4.69) is 92.1 Å². The topological polar surface area (TPSA) is 176 Å². The third-order valence-corrected chi connectivity index (χ3v) is 18.2. The lowest BCUT2D eigenvalue weighted by atomic mass is 9.73. The first-order valence-electron chi connectivity index (χ1n) is 26.4. The van der Waals surface area contributed by atoms with E-state index in [1.54, 1.807) is 24.6 Å². The number of ether oxygens (including phenoxy) is 2. The van der Waals surface area contributed by atoms with Gasteiger partial charge < -0.3 is 23.8 Å². The summed E-state index contributed by atoms with van der Waals surface area (Å²) in [6.07, 6.45) is 13.1. The minimum absolute atomic E-state index is 0.00839. The number of carbonyl (C=O) groups is 3. The number of cyclic esters (lactones) is 1. The lowest BCUT2D eigenvalue weighted by Crippen LogP contribution is -2.74. The Kier molecular flexibility index (Phi) is 11.1. The van der Waals surface area contributed by atoms with Gasteiger partial charge in [-0.1, -0.05) is 26.8 Å². The molecule has 6 aliphatic heterocycles. The number of aromatic nitrogens is 5. The number of hydrogen-bond donors (Lipinski definition) is 2. The summed E-state index contributed by atoms with van der Waals surface area (Å²) in [6, 6.07) is 10.8. The first kappa shape index (κ1) is 46.2. The summed E-state index contributed by atoms with van der Waals surface area (Å²) in [5.74, 6) is -1.04. The number of nitrogens with zero attached hydrogens (tertiary/aromatic N) is 9. The molecule has 8 fully saturated rings. The number of benzene rings is 1. The van der Waals surface area contributed by atoms with Gasteiger partial charge in [0.1, 0.15) is 36.4 Å². The second-order valence-electron chi connectivity index (χ2n) is 23.4. The van der Waals surface area contributed by atoms with E-state index in [0.29, 0.717) is 50.0 Å². The van der Waals surface area contributed by atoms with Gasteiger partial charge in [-0.05, 0) is 113 Å². The van der Waals surface area contributed by atoms with E-state index in [-0.39, 0.29) is 65.9 Å². The number of oxazole rings is 1. The predicted octanol–water partition coefficient (Wildman–Crippen LogP) is 5.85. The molecule has 72 heavy (non-hydrogen) atoms. The number of hydrogen-bond acceptors (Lipinski definition) is 14. The quantitative estimate of drug-likeness (QED) is 0.168. The number of pyridine rings is 1. The number of amides is 2. The number of fused-ring (bicyclic) bond motifs is 4. The van der Waals surface area contributed by atoms with Crippen LogP contribution in [0.2, 0.25) is 0 Å². The highest BCUT2D eigenvalue weighted by atomic mass is 16.5. The smallest absolute Gasteiger partial charge is 0.325 e. The fourth-order valence-electron chi connectivity index (χ4n) is 13.6. The number of carbonyl (C=O) groups excluding carboxylic acids is 3. The molecule has 2 N–H and O–H groups in total. The predicted molar refractivity (Wildman–Crippen MR) is 267 cm³/mol. The number of methoxy groups -OCH3 is 1. The Morgan fingerprint density at radius 3 is 2.57 bits per heavy atom. The molecule has 17 heteroatoms. The van der Waals surface area contributed by atoms with Crippen LogP contribution in [0.15, 0.2) is 65.8 Å². The summed E-state index contributed by atoms with van der Waals surface area (Å²) in [5.41, 5.74) is 10.4. The third-order valence-electron chi connectivity index (χ3n) is 18.2. The van der Waals surface area contributed by atoms with Crippen molar-refractivity contribution in [3.63, 3.8) is 0 Å². The zero-order chi connectivity index (χ0) is 49.4. The number of likely N-dealkylation sites (tertiary alicyclic amines) is 3. The molecule has 0 unspecified atom stereocenters. The van der Waals surface area contributed by atoms with Gasteiger partial charge in [-0.25, -0.2) is 20.4 Å². The van der Waals surface area contributed by atoms with E-state index in [1.807, 2.05) is 25.3 Å². The summed E-state index contributed by atoms with van der Waals surface area (Å²) >= 11 is 0. The molecule has 0 radical (unpaired) electrons.